The van der Waals surface area contributed by atoms with Crippen LogP contribution in [-0.2, 0) is 6.54 Å². The average Bonchev–Trinajstić information content (AvgIpc) is 2.65. The standard InChI is InChI=1S/C20H24N6/c1-14-12-26(13-15-6-4-5-10-22-15)11-9-17(14)23-20-24-18-8-3-2-7-16(18)19(21)25-20/h2-8,10,14,17H,9,11-13H2,1H3,(H3,21,23,24,25)/t14-,17+/m1/s1. The number of nitrogens with zero attached hydrogens (tertiary/aromatic N) is 4. The van der Waals surface area contributed by atoms with Gasteiger partial charge in [-0.2, -0.15) is 4.98 Å². The van der Waals surface area contributed by atoms with Crippen molar-refractivity contribution in [1.82, 2.24) is 19.9 Å². The van der Waals surface area contributed by atoms with Crippen LogP contribution in [0, 0.1) is 5.92 Å². The number of rotatable bonds is 4. The fourth-order valence-corrected chi connectivity index (χ4v) is 3.64. The first-order valence-electron chi connectivity index (χ1n) is 9.10. The van der Waals surface area contributed by atoms with Gasteiger partial charge in [-0.15, -0.1) is 0 Å². The second kappa shape index (κ2) is 7.25. The third-order valence-electron chi connectivity index (χ3n) is 5.05. The zero-order chi connectivity index (χ0) is 17.9. The Morgan fingerprint density at radius 2 is 2.00 bits per heavy atom. The third-order valence-corrected chi connectivity index (χ3v) is 5.05. The minimum absolute atomic E-state index is 0.343. The predicted octanol–water partition coefficient (Wildman–Crippen LogP) is 2.93. The number of benzene rings is 1. The van der Waals surface area contributed by atoms with Crippen LogP contribution in [0.2, 0.25) is 0 Å². The van der Waals surface area contributed by atoms with Crippen LogP contribution >= 0.6 is 0 Å². The summed E-state index contributed by atoms with van der Waals surface area (Å²) in [4.78, 5) is 16.0. The summed E-state index contributed by atoms with van der Waals surface area (Å²) < 4.78 is 0. The van der Waals surface area contributed by atoms with Crippen LogP contribution in [0.4, 0.5) is 11.8 Å². The minimum atomic E-state index is 0.343. The lowest BCUT2D eigenvalue weighted by molar-refractivity contribution is 0.163. The molecule has 0 amide bonds. The van der Waals surface area contributed by atoms with Crippen molar-refractivity contribution in [2.24, 2.45) is 5.92 Å². The molecule has 0 unspecified atom stereocenters. The number of nitrogens with one attached hydrogen (secondary N) is 1. The first kappa shape index (κ1) is 16.7. The summed E-state index contributed by atoms with van der Waals surface area (Å²) in [6.07, 6.45) is 2.90. The summed E-state index contributed by atoms with van der Waals surface area (Å²) in [6.45, 7) is 5.23. The fourth-order valence-electron chi connectivity index (χ4n) is 3.64. The SMILES string of the molecule is C[C@@H]1CN(Cc2ccccn2)CC[C@@H]1Nc1nc(N)c2ccccc2n1. The quantitative estimate of drug-likeness (QED) is 0.755. The van der Waals surface area contributed by atoms with E-state index >= 15 is 0 Å². The number of nitrogens with two attached hydrogens (primary N) is 1. The average molecular weight is 348 g/mol. The molecule has 26 heavy (non-hydrogen) atoms. The van der Waals surface area contributed by atoms with Crippen molar-refractivity contribution in [1.29, 1.82) is 0 Å². The number of para-hydroxylation sites is 1. The molecule has 2 aromatic heterocycles. The van der Waals surface area contributed by atoms with Gasteiger partial charge in [0.05, 0.1) is 11.2 Å². The Kier molecular flexibility index (Phi) is 4.67. The number of aromatic nitrogens is 3. The van der Waals surface area contributed by atoms with E-state index < -0.39 is 0 Å². The summed E-state index contributed by atoms with van der Waals surface area (Å²) in [5.41, 5.74) is 8.10. The molecule has 0 spiro atoms. The lowest BCUT2D eigenvalue weighted by Gasteiger charge is -2.37. The van der Waals surface area contributed by atoms with Gasteiger partial charge in [-0.05, 0) is 36.6 Å². The number of pyridine rings is 1. The Hall–Kier alpha value is -2.73. The van der Waals surface area contributed by atoms with Gasteiger partial charge in [0.1, 0.15) is 5.82 Å². The molecule has 6 heteroatoms. The zero-order valence-electron chi connectivity index (χ0n) is 15.0. The second-order valence-electron chi connectivity index (χ2n) is 7.02. The lowest BCUT2D eigenvalue weighted by atomic mass is 9.94. The van der Waals surface area contributed by atoms with Gasteiger partial charge < -0.3 is 11.1 Å². The van der Waals surface area contributed by atoms with Crippen LogP contribution in [0.1, 0.15) is 19.0 Å². The van der Waals surface area contributed by atoms with E-state index in [1.54, 1.807) is 0 Å². The first-order valence-corrected chi connectivity index (χ1v) is 9.10. The number of hydrogen-bond donors (Lipinski definition) is 2. The van der Waals surface area contributed by atoms with Gasteiger partial charge in [-0.3, -0.25) is 9.88 Å². The van der Waals surface area contributed by atoms with E-state index in [4.69, 9.17) is 5.73 Å². The van der Waals surface area contributed by atoms with Crippen LogP contribution in [0.15, 0.2) is 48.7 Å². The maximum absolute atomic E-state index is 6.10. The van der Waals surface area contributed by atoms with Gasteiger partial charge in [-0.1, -0.05) is 25.1 Å². The second-order valence-corrected chi connectivity index (χ2v) is 7.02. The molecule has 1 aliphatic rings. The summed E-state index contributed by atoms with van der Waals surface area (Å²) in [5.74, 6) is 1.64. The molecule has 1 fully saturated rings. The van der Waals surface area contributed by atoms with Gasteiger partial charge >= 0.3 is 0 Å². The molecule has 0 radical (unpaired) electrons. The molecule has 3 heterocycles. The highest BCUT2D eigenvalue weighted by Gasteiger charge is 2.27. The van der Waals surface area contributed by atoms with Gasteiger partial charge in [0.2, 0.25) is 5.95 Å². The first-order chi connectivity index (χ1) is 12.7. The fraction of sp³-hybridized carbons (Fsp3) is 0.350. The zero-order valence-corrected chi connectivity index (χ0v) is 15.0. The molecule has 1 aliphatic heterocycles. The van der Waals surface area contributed by atoms with Crippen molar-refractivity contribution in [3.63, 3.8) is 0 Å². The Balaban J connectivity index is 1.42. The van der Waals surface area contributed by atoms with Gasteiger partial charge in [0.15, 0.2) is 0 Å². The molecule has 1 saturated heterocycles. The third kappa shape index (κ3) is 3.60. The van der Waals surface area contributed by atoms with Crippen LogP contribution in [0.5, 0.6) is 0 Å². The van der Waals surface area contributed by atoms with Crippen molar-refractivity contribution in [3.05, 3.63) is 54.4 Å². The highest BCUT2D eigenvalue weighted by atomic mass is 15.2. The summed E-state index contributed by atoms with van der Waals surface area (Å²) >= 11 is 0. The highest BCUT2D eigenvalue weighted by Crippen LogP contribution is 2.24. The Morgan fingerprint density at radius 1 is 1.15 bits per heavy atom. The smallest absolute Gasteiger partial charge is 0.225 e. The number of anilines is 2. The summed E-state index contributed by atoms with van der Waals surface area (Å²) in [5, 5.41) is 4.40. The molecule has 3 N–H and O–H groups in total. The van der Waals surface area contributed by atoms with E-state index in [0.717, 1.165) is 42.7 Å². The number of likely N-dealkylation sites (tertiary alicyclic amines) is 1. The Morgan fingerprint density at radius 3 is 2.81 bits per heavy atom. The Labute approximate surface area is 153 Å². The highest BCUT2D eigenvalue weighted by molar-refractivity contribution is 5.88. The maximum Gasteiger partial charge on any atom is 0.225 e. The number of nitrogen functional groups attached to an aromatic ring is 1. The molecule has 2 atom stereocenters. The van der Waals surface area contributed by atoms with E-state index in [1.165, 1.54) is 0 Å². The lowest BCUT2D eigenvalue weighted by Crippen LogP contribution is -2.45. The summed E-state index contributed by atoms with van der Waals surface area (Å²) in [6, 6.07) is 14.3. The maximum atomic E-state index is 6.10. The molecule has 0 bridgehead atoms. The molecule has 3 aromatic rings. The van der Waals surface area contributed by atoms with Crippen LogP contribution in [-0.4, -0.2) is 39.0 Å². The molecule has 4 rings (SSSR count). The van der Waals surface area contributed by atoms with Gasteiger partial charge in [-0.25, -0.2) is 4.98 Å². The Bertz CT molecular complexity index is 882. The largest absolute Gasteiger partial charge is 0.383 e. The van der Waals surface area contributed by atoms with E-state index in [0.29, 0.717) is 23.7 Å². The monoisotopic (exact) mass is 348 g/mol. The molecule has 0 aliphatic carbocycles. The van der Waals surface area contributed by atoms with E-state index in [2.05, 4.69) is 38.2 Å². The van der Waals surface area contributed by atoms with Crippen molar-refractivity contribution in [3.8, 4) is 0 Å². The number of piperidine rings is 1. The van der Waals surface area contributed by atoms with Gasteiger partial charge in [0.25, 0.3) is 0 Å². The van der Waals surface area contributed by atoms with Crippen molar-refractivity contribution in [2.45, 2.75) is 25.9 Å². The summed E-state index contributed by atoms with van der Waals surface area (Å²) in [7, 11) is 0. The van der Waals surface area contributed by atoms with E-state index in [9.17, 15) is 0 Å². The van der Waals surface area contributed by atoms with Crippen molar-refractivity contribution < 1.29 is 0 Å². The van der Waals surface area contributed by atoms with Crippen molar-refractivity contribution in [2.75, 3.05) is 24.1 Å². The van der Waals surface area contributed by atoms with Crippen LogP contribution in [0.3, 0.4) is 0 Å². The number of fused-ring (bicyclic) bond motifs is 1. The topological polar surface area (TPSA) is 80.0 Å². The number of hydrogen-bond acceptors (Lipinski definition) is 6. The molecule has 6 nitrogen and oxygen atoms in total. The molecule has 134 valence electrons. The molecule has 0 saturated carbocycles. The van der Waals surface area contributed by atoms with Crippen molar-refractivity contribution >= 4 is 22.7 Å². The molecule has 1 aromatic carbocycles. The van der Waals surface area contributed by atoms with Crippen LogP contribution in [0.25, 0.3) is 10.9 Å². The van der Waals surface area contributed by atoms with E-state index in [-0.39, 0.29) is 0 Å². The molecular weight excluding hydrogens is 324 g/mol. The van der Waals surface area contributed by atoms with E-state index in [1.807, 2.05) is 42.6 Å². The normalized spacial score (nSPS) is 21.0. The van der Waals surface area contributed by atoms with Crippen LogP contribution < -0.4 is 11.1 Å². The minimum Gasteiger partial charge on any atom is -0.383 e. The molecular formula is C20H24N6. The van der Waals surface area contributed by atoms with Gasteiger partial charge in [0, 0.05) is 37.3 Å². The predicted molar refractivity (Wildman–Crippen MR) is 105 cm³/mol.